The second kappa shape index (κ2) is 22.6. The summed E-state index contributed by atoms with van der Waals surface area (Å²) in [5.74, 6) is -0.981. The molecule has 0 aliphatic heterocycles. The molecule has 0 aromatic carbocycles. The topological polar surface area (TPSA) is 115 Å². The summed E-state index contributed by atoms with van der Waals surface area (Å²) in [4.78, 5) is 17.6. The maximum absolute atomic E-state index is 9.25. The number of rotatable bonds is 2. The zero-order chi connectivity index (χ0) is 10.4. The first kappa shape index (κ1) is 16.9. The van der Waals surface area contributed by atoms with Crippen LogP contribution < -0.4 is 0 Å². The fraction of sp³-hybridized carbons (Fsp3) is 0.333. The third-order valence-electron chi connectivity index (χ3n) is 0.275. The Balaban J connectivity index is -0.000000105. The first-order valence-corrected chi connectivity index (χ1v) is 2.75. The summed E-state index contributed by atoms with van der Waals surface area (Å²) in [6.45, 7) is 2.46. The minimum Gasteiger partial charge on any atom is -0.483 e. The van der Waals surface area contributed by atoms with Gasteiger partial charge in [-0.1, -0.05) is 6.58 Å². The lowest BCUT2D eigenvalue weighted by Crippen LogP contribution is -1.85. The van der Waals surface area contributed by atoms with Gasteiger partial charge in [0.1, 0.15) is 0 Å². The van der Waals surface area contributed by atoms with E-state index in [4.69, 9.17) is 25.2 Å². The fourth-order valence-electron chi connectivity index (χ4n) is 0. The van der Waals surface area contributed by atoms with Gasteiger partial charge >= 0.3 is 5.97 Å². The molecule has 0 fully saturated rings. The Morgan fingerprint density at radius 1 is 1.33 bits per heavy atom. The minimum atomic E-state index is -0.981. The number of aliphatic carboxylic acids is 1. The molecule has 0 bridgehead atoms. The van der Waals surface area contributed by atoms with Gasteiger partial charge in [0, 0.05) is 6.08 Å². The molecule has 0 amide bonds. The third kappa shape index (κ3) is 194. The predicted molar refractivity (Wildman–Crippen MR) is 40.7 cm³/mol. The van der Waals surface area contributed by atoms with Crippen LogP contribution in [-0.4, -0.2) is 46.1 Å². The van der Waals surface area contributed by atoms with Crippen LogP contribution in [0, 0.1) is 0 Å². The number of hydrogen-bond acceptors (Lipinski definition) is 4. The first-order valence-electron chi connectivity index (χ1n) is 2.75. The maximum Gasteiger partial charge on any atom is 0.327 e. The highest BCUT2D eigenvalue weighted by Crippen LogP contribution is 1.54. The molecule has 0 aromatic rings. The molecule has 0 saturated carbocycles. The SMILES string of the molecule is C=CC(=O)O.O=CO.OCCO. The van der Waals surface area contributed by atoms with Gasteiger partial charge < -0.3 is 20.4 Å². The normalized spacial score (nSPS) is 6.17. The van der Waals surface area contributed by atoms with E-state index in [1.807, 2.05) is 0 Å². The highest BCUT2D eigenvalue weighted by molar-refractivity contribution is 5.78. The zero-order valence-corrected chi connectivity index (χ0v) is 6.38. The van der Waals surface area contributed by atoms with Gasteiger partial charge in [0.05, 0.1) is 13.2 Å². The van der Waals surface area contributed by atoms with E-state index in [0.29, 0.717) is 0 Å². The van der Waals surface area contributed by atoms with Gasteiger partial charge in [-0.25, -0.2) is 4.79 Å². The summed E-state index contributed by atoms with van der Waals surface area (Å²) in [5.41, 5.74) is 0. The zero-order valence-electron chi connectivity index (χ0n) is 6.38. The highest BCUT2D eigenvalue weighted by atomic mass is 16.4. The van der Waals surface area contributed by atoms with Crippen molar-refractivity contribution in [2.24, 2.45) is 0 Å². The van der Waals surface area contributed by atoms with Crippen molar-refractivity contribution in [3.05, 3.63) is 12.7 Å². The largest absolute Gasteiger partial charge is 0.483 e. The molecule has 12 heavy (non-hydrogen) atoms. The molecule has 4 N–H and O–H groups in total. The van der Waals surface area contributed by atoms with E-state index >= 15 is 0 Å². The van der Waals surface area contributed by atoms with Crippen LogP contribution in [0.5, 0.6) is 0 Å². The minimum absolute atomic E-state index is 0.125. The smallest absolute Gasteiger partial charge is 0.327 e. The Hall–Kier alpha value is -1.40. The van der Waals surface area contributed by atoms with Crippen molar-refractivity contribution < 1.29 is 30.0 Å². The average Bonchev–Trinajstić information content (AvgIpc) is 2.06. The van der Waals surface area contributed by atoms with Gasteiger partial charge in [-0.05, 0) is 0 Å². The van der Waals surface area contributed by atoms with E-state index in [-0.39, 0.29) is 19.7 Å². The van der Waals surface area contributed by atoms with Crippen molar-refractivity contribution in [1.29, 1.82) is 0 Å². The monoisotopic (exact) mass is 180 g/mol. The summed E-state index contributed by atoms with van der Waals surface area (Å²) in [7, 11) is 0. The summed E-state index contributed by atoms with van der Waals surface area (Å²) in [5, 5.41) is 29.7. The van der Waals surface area contributed by atoms with Gasteiger partial charge in [-0.2, -0.15) is 0 Å². The van der Waals surface area contributed by atoms with Gasteiger partial charge in [-0.3, -0.25) is 4.79 Å². The molecule has 0 unspecified atom stereocenters. The van der Waals surface area contributed by atoms with Crippen LogP contribution in [-0.2, 0) is 9.59 Å². The van der Waals surface area contributed by atoms with Crippen LogP contribution in [0.1, 0.15) is 0 Å². The van der Waals surface area contributed by atoms with Crippen molar-refractivity contribution in [3.63, 3.8) is 0 Å². The van der Waals surface area contributed by atoms with Crippen molar-refractivity contribution in [2.45, 2.75) is 0 Å². The molecular weight excluding hydrogens is 168 g/mol. The fourth-order valence-corrected chi connectivity index (χ4v) is 0. The summed E-state index contributed by atoms with van der Waals surface area (Å²) in [6.07, 6.45) is 0.833. The molecular formula is C6H12O6. The molecule has 0 heterocycles. The number of aliphatic hydroxyl groups is 2. The molecule has 0 rings (SSSR count). The van der Waals surface area contributed by atoms with E-state index in [2.05, 4.69) is 6.58 Å². The van der Waals surface area contributed by atoms with Gasteiger partial charge in [0.25, 0.3) is 6.47 Å². The highest BCUT2D eigenvalue weighted by Gasteiger charge is 1.73. The van der Waals surface area contributed by atoms with E-state index in [1.54, 1.807) is 0 Å². The number of carbonyl (C=O) groups is 2. The van der Waals surface area contributed by atoms with Crippen LogP contribution in [0.25, 0.3) is 0 Å². The van der Waals surface area contributed by atoms with Crippen molar-refractivity contribution in [3.8, 4) is 0 Å². The summed E-state index contributed by atoms with van der Waals surface area (Å²) < 4.78 is 0. The third-order valence-corrected chi connectivity index (χ3v) is 0.275. The Morgan fingerprint density at radius 3 is 1.50 bits per heavy atom. The quantitative estimate of drug-likeness (QED) is 0.317. The number of aliphatic hydroxyl groups excluding tert-OH is 2. The molecule has 72 valence electrons. The van der Waals surface area contributed by atoms with Gasteiger partial charge in [0.15, 0.2) is 0 Å². The van der Waals surface area contributed by atoms with Crippen LogP contribution >= 0.6 is 0 Å². The van der Waals surface area contributed by atoms with Crippen molar-refractivity contribution >= 4 is 12.4 Å². The molecule has 0 radical (unpaired) electrons. The second-order valence-corrected chi connectivity index (χ2v) is 1.09. The van der Waals surface area contributed by atoms with Crippen molar-refractivity contribution in [1.82, 2.24) is 0 Å². The second-order valence-electron chi connectivity index (χ2n) is 1.09. The number of carboxylic acids is 1. The Morgan fingerprint density at radius 2 is 1.50 bits per heavy atom. The standard InChI is InChI=1S/C3H4O2.C2H6O2.CH2O2/c1-2-3(4)5;3-1-2-4;2-1-3/h2H,1H2,(H,4,5);3-4H,1-2H2;1H,(H,2,3). The number of carboxylic acid groups (broad SMARTS) is 2. The molecule has 0 saturated heterocycles. The number of hydrogen-bond donors (Lipinski definition) is 4. The Bertz CT molecular complexity index is 109. The van der Waals surface area contributed by atoms with Gasteiger partial charge in [0.2, 0.25) is 0 Å². The molecule has 0 aliphatic carbocycles. The lowest BCUT2D eigenvalue weighted by Gasteiger charge is -1.70. The van der Waals surface area contributed by atoms with Crippen LogP contribution in [0.15, 0.2) is 12.7 Å². The van der Waals surface area contributed by atoms with Gasteiger partial charge in [-0.15, -0.1) is 0 Å². The van der Waals surface area contributed by atoms with E-state index in [9.17, 15) is 4.79 Å². The molecule has 0 aromatic heterocycles. The lowest BCUT2D eigenvalue weighted by atomic mass is 10.7. The molecule has 0 aliphatic rings. The molecule has 0 spiro atoms. The van der Waals surface area contributed by atoms with E-state index < -0.39 is 5.97 Å². The summed E-state index contributed by atoms with van der Waals surface area (Å²) >= 11 is 0. The Kier molecular flexibility index (Phi) is 31.9. The van der Waals surface area contributed by atoms with Crippen molar-refractivity contribution in [2.75, 3.05) is 13.2 Å². The first-order chi connectivity index (χ1) is 5.60. The molecule has 6 heteroatoms. The molecule has 6 nitrogen and oxygen atoms in total. The van der Waals surface area contributed by atoms with Crippen LogP contribution in [0.2, 0.25) is 0 Å². The van der Waals surface area contributed by atoms with Crippen LogP contribution in [0.3, 0.4) is 0 Å². The average molecular weight is 180 g/mol. The predicted octanol–water partition coefficient (Wildman–Crippen LogP) is -1.07. The molecule has 0 atom stereocenters. The maximum atomic E-state index is 9.25. The van der Waals surface area contributed by atoms with E-state index in [0.717, 1.165) is 6.08 Å². The Labute approximate surface area is 69.4 Å². The summed E-state index contributed by atoms with van der Waals surface area (Å²) in [6, 6.07) is 0. The van der Waals surface area contributed by atoms with E-state index in [1.165, 1.54) is 0 Å². The van der Waals surface area contributed by atoms with Crippen LogP contribution in [0.4, 0.5) is 0 Å². The lowest BCUT2D eigenvalue weighted by molar-refractivity contribution is -0.131.